The first kappa shape index (κ1) is 21.4. The Kier molecular flexibility index (Phi) is 6.73. The van der Waals surface area contributed by atoms with Crippen molar-refractivity contribution in [2.24, 2.45) is 0 Å². The highest BCUT2D eigenvalue weighted by Crippen LogP contribution is 2.27. The first-order chi connectivity index (χ1) is 14.4. The lowest BCUT2D eigenvalue weighted by atomic mass is 10.1. The molecule has 1 aliphatic heterocycles. The van der Waals surface area contributed by atoms with Gasteiger partial charge in [0, 0.05) is 10.0 Å². The number of carbonyl (C=O) groups is 3. The first-order valence-electron chi connectivity index (χ1n) is 9.12. The average molecular weight is 474 g/mol. The van der Waals surface area contributed by atoms with E-state index in [0.717, 1.165) is 9.37 Å². The van der Waals surface area contributed by atoms with Gasteiger partial charge < -0.3 is 20.1 Å². The zero-order chi connectivity index (χ0) is 21.7. The van der Waals surface area contributed by atoms with Crippen molar-refractivity contribution in [2.45, 2.75) is 6.92 Å². The molecule has 2 N–H and O–H groups in total. The summed E-state index contributed by atoms with van der Waals surface area (Å²) in [5.41, 5.74) is 1.13. The molecule has 30 heavy (non-hydrogen) atoms. The van der Waals surface area contributed by atoms with Gasteiger partial charge in [0.05, 0.1) is 19.4 Å². The second-order valence-electron chi connectivity index (χ2n) is 6.24. The fourth-order valence-electron chi connectivity index (χ4n) is 2.87. The number of rotatable bonds is 7. The number of benzene rings is 2. The molecule has 9 heteroatoms. The van der Waals surface area contributed by atoms with Crippen molar-refractivity contribution in [3.63, 3.8) is 0 Å². The second-order valence-corrected chi connectivity index (χ2v) is 7.16. The largest absolute Gasteiger partial charge is 0.495 e. The molecular formula is C21H20BrN3O5. The summed E-state index contributed by atoms with van der Waals surface area (Å²) in [6, 6.07) is 11.5. The summed E-state index contributed by atoms with van der Waals surface area (Å²) in [5, 5.41) is 5.15. The molecule has 2 aromatic carbocycles. The van der Waals surface area contributed by atoms with Gasteiger partial charge in [-0.3, -0.25) is 9.59 Å². The van der Waals surface area contributed by atoms with Gasteiger partial charge in [0.25, 0.3) is 5.91 Å². The van der Waals surface area contributed by atoms with Gasteiger partial charge in [-0.05, 0) is 43.3 Å². The predicted octanol–water partition coefficient (Wildman–Crippen LogP) is 3.39. The third kappa shape index (κ3) is 4.80. The van der Waals surface area contributed by atoms with Gasteiger partial charge in [-0.1, -0.05) is 28.1 Å². The van der Waals surface area contributed by atoms with E-state index < -0.39 is 24.4 Å². The maximum Gasteiger partial charge on any atom is 0.329 e. The standard InChI is InChI=1S/C21H20BrN3O5/c1-3-30-17-9-8-14(22)10-13(17)11-16-20(27)25(21(28)24-16)12-19(26)23-15-6-4-5-7-18(15)29-2/h4-11H,3,12H2,1-2H3,(H,23,26)(H,24,28)/b16-11+. The average Bonchev–Trinajstić information content (AvgIpc) is 2.98. The zero-order valence-electron chi connectivity index (χ0n) is 16.4. The third-order valence-corrected chi connectivity index (χ3v) is 4.71. The van der Waals surface area contributed by atoms with Crippen molar-refractivity contribution in [2.75, 3.05) is 25.6 Å². The van der Waals surface area contributed by atoms with Crippen LogP contribution in [0.25, 0.3) is 6.08 Å². The van der Waals surface area contributed by atoms with Crippen LogP contribution < -0.4 is 20.1 Å². The van der Waals surface area contributed by atoms with E-state index in [-0.39, 0.29) is 5.70 Å². The number of para-hydroxylation sites is 2. The molecule has 4 amide bonds. The summed E-state index contributed by atoms with van der Waals surface area (Å²) >= 11 is 3.38. The SMILES string of the molecule is CCOc1ccc(Br)cc1/C=C1/NC(=O)N(CC(=O)Nc2ccccc2OC)C1=O. The van der Waals surface area contributed by atoms with Crippen LogP contribution >= 0.6 is 15.9 Å². The van der Waals surface area contributed by atoms with Gasteiger partial charge in [-0.25, -0.2) is 9.69 Å². The van der Waals surface area contributed by atoms with Crippen LogP contribution in [0.1, 0.15) is 12.5 Å². The van der Waals surface area contributed by atoms with Crippen molar-refractivity contribution in [1.29, 1.82) is 0 Å². The number of ether oxygens (including phenoxy) is 2. The molecule has 1 heterocycles. The molecule has 0 aliphatic carbocycles. The predicted molar refractivity (Wildman–Crippen MR) is 115 cm³/mol. The lowest BCUT2D eigenvalue weighted by Crippen LogP contribution is -2.38. The fraction of sp³-hybridized carbons (Fsp3) is 0.190. The van der Waals surface area contributed by atoms with E-state index in [9.17, 15) is 14.4 Å². The molecular weight excluding hydrogens is 454 g/mol. The minimum absolute atomic E-state index is 0.0594. The van der Waals surface area contributed by atoms with Gasteiger partial charge in [-0.2, -0.15) is 0 Å². The quantitative estimate of drug-likeness (QED) is 0.474. The van der Waals surface area contributed by atoms with Gasteiger partial charge in [0.2, 0.25) is 5.91 Å². The molecule has 0 bridgehead atoms. The Morgan fingerprint density at radius 3 is 2.70 bits per heavy atom. The van der Waals surface area contributed by atoms with E-state index >= 15 is 0 Å². The number of nitrogens with one attached hydrogen (secondary N) is 2. The van der Waals surface area contributed by atoms with Gasteiger partial charge in [0.1, 0.15) is 23.7 Å². The lowest BCUT2D eigenvalue weighted by molar-refractivity contribution is -0.127. The number of urea groups is 1. The Morgan fingerprint density at radius 1 is 1.20 bits per heavy atom. The highest BCUT2D eigenvalue weighted by atomic mass is 79.9. The summed E-state index contributed by atoms with van der Waals surface area (Å²) in [5.74, 6) is -0.0799. The zero-order valence-corrected chi connectivity index (χ0v) is 18.0. The number of anilines is 1. The highest BCUT2D eigenvalue weighted by molar-refractivity contribution is 9.10. The molecule has 3 rings (SSSR count). The van der Waals surface area contributed by atoms with Crippen LogP contribution in [0.15, 0.2) is 52.6 Å². The first-order valence-corrected chi connectivity index (χ1v) is 9.92. The summed E-state index contributed by atoms with van der Waals surface area (Å²) in [6.45, 7) is 1.87. The molecule has 0 spiro atoms. The Hall–Kier alpha value is -3.33. The molecule has 1 aliphatic rings. The van der Waals surface area contributed by atoms with Crippen molar-refractivity contribution in [3.05, 3.63) is 58.2 Å². The number of amides is 4. The summed E-state index contributed by atoms with van der Waals surface area (Å²) < 4.78 is 11.5. The summed E-state index contributed by atoms with van der Waals surface area (Å²) in [4.78, 5) is 38.2. The Bertz CT molecular complexity index is 1020. The van der Waals surface area contributed by atoms with E-state index in [4.69, 9.17) is 9.47 Å². The molecule has 0 atom stereocenters. The number of halogens is 1. The van der Waals surface area contributed by atoms with E-state index in [1.807, 2.05) is 13.0 Å². The molecule has 156 valence electrons. The fourth-order valence-corrected chi connectivity index (χ4v) is 3.25. The van der Waals surface area contributed by atoms with Crippen LogP contribution in [0.2, 0.25) is 0 Å². The normalized spacial score (nSPS) is 14.6. The van der Waals surface area contributed by atoms with Crippen LogP contribution in [0.5, 0.6) is 11.5 Å². The molecule has 8 nitrogen and oxygen atoms in total. The summed E-state index contributed by atoms with van der Waals surface area (Å²) in [7, 11) is 1.48. The van der Waals surface area contributed by atoms with Gasteiger partial charge in [0.15, 0.2) is 0 Å². The minimum atomic E-state index is -0.672. The Balaban J connectivity index is 1.76. The smallest absolute Gasteiger partial charge is 0.329 e. The van der Waals surface area contributed by atoms with E-state index in [0.29, 0.717) is 29.4 Å². The number of methoxy groups -OCH3 is 1. The lowest BCUT2D eigenvalue weighted by Gasteiger charge is -2.13. The van der Waals surface area contributed by atoms with Gasteiger partial charge in [-0.15, -0.1) is 0 Å². The Labute approximate surface area is 182 Å². The third-order valence-electron chi connectivity index (χ3n) is 4.22. The monoisotopic (exact) mass is 473 g/mol. The Morgan fingerprint density at radius 2 is 1.97 bits per heavy atom. The van der Waals surface area contributed by atoms with Crippen molar-refractivity contribution < 1.29 is 23.9 Å². The molecule has 0 saturated carbocycles. The van der Waals surface area contributed by atoms with Crippen molar-refractivity contribution in [3.8, 4) is 11.5 Å². The van der Waals surface area contributed by atoms with Crippen molar-refractivity contribution >= 4 is 45.5 Å². The highest BCUT2D eigenvalue weighted by Gasteiger charge is 2.35. The maximum absolute atomic E-state index is 12.7. The molecule has 1 saturated heterocycles. The number of hydrogen-bond donors (Lipinski definition) is 2. The summed E-state index contributed by atoms with van der Waals surface area (Å²) in [6.07, 6.45) is 1.52. The maximum atomic E-state index is 12.7. The van der Waals surface area contributed by atoms with Crippen LogP contribution in [-0.2, 0) is 9.59 Å². The number of hydrogen-bond acceptors (Lipinski definition) is 5. The molecule has 1 fully saturated rings. The molecule has 0 aromatic heterocycles. The number of nitrogens with zero attached hydrogens (tertiary/aromatic N) is 1. The minimum Gasteiger partial charge on any atom is -0.495 e. The number of carbonyl (C=O) groups excluding carboxylic acids is 3. The van der Waals surface area contributed by atoms with E-state index in [1.54, 1.807) is 36.4 Å². The number of imide groups is 1. The van der Waals surface area contributed by atoms with Crippen LogP contribution in [0, 0.1) is 0 Å². The molecule has 2 aromatic rings. The van der Waals surface area contributed by atoms with Crippen molar-refractivity contribution in [1.82, 2.24) is 10.2 Å². The van der Waals surface area contributed by atoms with Crippen LogP contribution in [0.4, 0.5) is 10.5 Å². The van der Waals surface area contributed by atoms with Crippen LogP contribution in [0.3, 0.4) is 0 Å². The van der Waals surface area contributed by atoms with E-state index in [2.05, 4.69) is 26.6 Å². The van der Waals surface area contributed by atoms with E-state index in [1.165, 1.54) is 13.2 Å². The molecule has 0 radical (unpaired) electrons. The van der Waals surface area contributed by atoms with Crippen LogP contribution in [-0.4, -0.2) is 43.0 Å². The molecule has 0 unspecified atom stereocenters. The second kappa shape index (κ2) is 9.45. The topological polar surface area (TPSA) is 97.0 Å². The van der Waals surface area contributed by atoms with Gasteiger partial charge >= 0.3 is 6.03 Å².